The molecule has 0 spiro atoms. The molecule has 32 heavy (non-hydrogen) atoms. The highest BCUT2D eigenvalue weighted by Gasteiger charge is 2.17. The molecule has 1 atom stereocenters. The lowest BCUT2D eigenvalue weighted by atomic mass is 10.0. The number of nitrogens with one attached hydrogen (secondary N) is 2. The first-order chi connectivity index (χ1) is 15.5. The van der Waals surface area contributed by atoms with Crippen molar-refractivity contribution < 1.29 is 19.1 Å². The number of aromatic nitrogens is 1. The summed E-state index contributed by atoms with van der Waals surface area (Å²) in [7, 11) is 1.59. The fourth-order valence-electron chi connectivity index (χ4n) is 3.15. The van der Waals surface area contributed by atoms with Crippen LogP contribution in [0.4, 0.5) is 0 Å². The number of benzene rings is 2. The van der Waals surface area contributed by atoms with Crippen molar-refractivity contribution in [3.05, 3.63) is 89.7 Å². The largest absolute Gasteiger partial charge is 0.497 e. The Labute approximate surface area is 187 Å². The van der Waals surface area contributed by atoms with E-state index in [9.17, 15) is 9.59 Å². The first-order valence-electron chi connectivity index (χ1n) is 10.3. The van der Waals surface area contributed by atoms with Gasteiger partial charge in [-0.1, -0.05) is 30.3 Å². The monoisotopic (exact) mass is 433 g/mol. The Bertz CT molecular complexity index is 1010. The summed E-state index contributed by atoms with van der Waals surface area (Å²) in [5.41, 5.74) is 2.79. The molecular weight excluding hydrogens is 406 g/mol. The van der Waals surface area contributed by atoms with Crippen molar-refractivity contribution in [2.75, 3.05) is 7.11 Å². The summed E-state index contributed by atoms with van der Waals surface area (Å²) in [5.74, 6) is 1.11. The third-order valence-corrected chi connectivity index (χ3v) is 4.83. The number of nitrogens with zero attached hydrogens (tertiary/aromatic N) is 1. The summed E-state index contributed by atoms with van der Waals surface area (Å²) in [5, 5.41) is 5.74. The number of amides is 2. The topological polar surface area (TPSA) is 89.6 Å². The average Bonchev–Trinajstić information content (AvgIpc) is 2.82. The molecule has 1 heterocycles. The molecule has 3 rings (SSSR count). The van der Waals surface area contributed by atoms with Gasteiger partial charge in [0.05, 0.1) is 19.6 Å². The zero-order valence-electron chi connectivity index (χ0n) is 18.2. The van der Waals surface area contributed by atoms with Crippen LogP contribution in [-0.2, 0) is 22.7 Å². The molecule has 7 nitrogen and oxygen atoms in total. The van der Waals surface area contributed by atoms with Gasteiger partial charge in [-0.2, -0.15) is 0 Å². The molecule has 2 N–H and O–H groups in total. The lowest BCUT2D eigenvalue weighted by Crippen LogP contribution is -2.32. The second-order valence-corrected chi connectivity index (χ2v) is 7.30. The van der Waals surface area contributed by atoms with Gasteiger partial charge in [-0.05, 0) is 41.5 Å². The number of rotatable bonds is 10. The van der Waals surface area contributed by atoms with Gasteiger partial charge in [0.15, 0.2) is 0 Å². The molecule has 3 aromatic rings. The minimum absolute atomic E-state index is 0.137. The summed E-state index contributed by atoms with van der Waals surface area (Å²) in [6.07, 6.45) is 3.63. The van der Waals surface area contributed by atoms with E-state index in [0.717, 1.165) is 22.4 Å². The Hall–Kier alpha value is -3.87. The SMILES string of the molecule is COc1ccc(C(CC(=O)NCc2ccc(OCc3cccnc3)cc2)NC(C)=O)cc1. The molecular formula is C25H27N3O4. The minimum atomic E-state index is -0.415. The zero-order valence-corrected chi connectivity index (χ0v) is 18.2. The Kier molecular flexibility index (Phi) is 8.20. The molecule has 0 radical (unpaired) electrons. The number of pyridine rings is 1. The second kappa shape index (κ2) is 11.5. The van der Waals surface area contributed by atoms with Gasteiger partial charge in [-0.3, -0.25) is 14.6 Å². The highest BCUT2D eigenvalue weighted by Crippen LogP contribution is 2.21. The standard InChI is InChI=1S/C25H27N3O4/c1-18(29)28-24(21-7-11-22(31-2)12-8-21)14-25(30)27-16-19-5-9-23(10-6-19)32-17-20-4-3-13-26-15-20/h3-13,15,24H,14,16-17H2,1-2H3,(H,27,30)(H,28,29). The smallest absolute Gasteiger partial charge is 0.222 e. The summed E-state index contributed by atoms with van der Waals surface area (Å²) in [6, 6.07) is 18.3. The van der Waals surface area contributed by atoms with Crippen LogP contribution < -0.4 is 20.1 Å². The Morgan fingerprint density at radius 2 is 1.69 bits per heavy atom. The van der Waals surface area contributed by atoms with Crippen molar-refractivity contribution in [2.24, 2.45) is 0 Å². The molecule has 0 aliphatic heterocycles. The number of hydrogen-bond acceptors (Lipinski definition) is 5. The van der Waals surface area contributed by atoms with Gasteiger partial charge < -0.3 is 20.1 Å². The third-order valence-electron chi connectivity index (χ3n) is 4.83. The highest BCUT2D eigenvalue weighted by molar-refractivity contribution is 5.79. The number of carbonyl (C=O) groups excluding carboxylic acids is 2. The average molecular weight is 434 g/mol. The Balaban J connectivity index is 1.51. The van der Waals surface area contributed by atoms with E-state index in [2.05, 4.69) is 15.6 Å². The molecule has 1 unspecified atom stereocenters. The molecule has 0 bridgehead atoms. The lowest BCUT2D eigenvalue weighted by Gasteiger charge is -2.18. The second-order valence-electron chi connectivity index (χ2n) is 7.30. The molecule has 2 aromatic carbocycles. The number of carbonyl (C=O) groups is 2. The molecule has 0 aliphatic rings. The van der Waals surface area contributed by atoms with E-state index < -0.39 is 6.04 Å². The van der Waals surface area contributed by atoms with Crippen LogP contribution in [0.25, 0.3) is 0 Å². The van der Waals surface area contributed by atoms with Gasteiger partial charge in [-0.25, -0.2) is 0 Å². The number of ether oxygens (including phenoxy) is 2. The summed E-state index contributed by atoms with van der Waals surface area (Å²) < 4.78 is 10.9. The molecule has 2 amide bonds. The first-order valence-corrected chi connectivity index (χ1v) is 10.3. The van der Waals surface area contributed by atoms with Crippen LogP contribution >= 0.6 is 0 Å². The lowest BCUT2D eigenvalue weighted by molar-refractivity contribution is -0.122. The summed E-state index contributed by atoms with van der Waals surface area (Å²) in [6.45, 7) is 2.27. The van der Waals surface area contributed by atoms with E-state index in [0.29, 0.717) is 18.9 Å². The van der Waals surface area contributed by atoms with Crippen molar-refractivity contribution in [3.63, 3.8) is 0 Å². The van der Waals surface area contributed by atoms with E-state index in [4.69, 9.17) is 9.47 Å². The van der Waals surface area contributed by atoms with E-state index in [-0.39, 0.29) is 18.2 Å². The van der Waals surface area contributed by atoms with E-state index in [1.807, 2.05) is 48.5 Å². The maximum atomic E-state index is 12.5. The predicted molar refractivity (Wildman–Crippen MR) is 121 cm³/mol. The van der Waals surface area contributed by atoms with Crippen LogP contribution in [0.2, 0.25) is 0 Å². The van der Waals surface area contributed by atoms with Crippen molar-refractivity contribution >= 4 is 11.8 Å². The van der Waals surface area contributed by atoms with Crippen LogP contribution in [0.5, 0.6) is 11.5 Å². The van der Waals surface area contributed by atoms with Crippen LogP contribution in [0.3, 0.4) is 0 Å². The fourth-order valence-corrected chi connectivity index (χ4v) is 3.15. The molecule has 0 saturated carbocycles. The van der Waals surface area contributed by atoms with Gasteiger partial charge in [-0.15, -0.1) is 0 Å². The Morgan fingerprint density at radius 3 is 2.31 bits per heavy atom. The van der Waals surface area contributed by atoms with E-state index >= 15 is 0 Å². The van der Waals surface area contributed by atoms with Crippen LogP contribution in [-0.4, -0.2) is 23.9 Å². The predicted octanol–water partition coefficient (Wildman–Crippen LogP) is 3.55. The van der Waals surface area contributed by atoms with Crippen LogP contribution in [0, 0.1) is 0 Å². The van der Waals surface area contributed by atoms with Crippen LogP contribution in [0.1, 0.15) is 36.1 Å². The molecule has 0 fully saturated rings. The Morgan fingerprint density at radius 1 is 0.969 bits per heavy atom. The molecule has 0 saturated heterocycles. The van der Waals surface area contributed by atoms with Crippen molar-refractivity contribution in [2.45, 2.75) is 32.5 Å². The van der Waals surface area contributed by atoms with Gasteiger partial charge in [0.1, 0.15) is 18.1 Å². The van der Waals surface area contributed by atoms with E-state index in [1.54, 1.807) is 31.6 Å². The maximum absolute atomic E-state index is 12.5. The number of hydrogen-bond donors (Lipinski definition) is 2. The summed E-state index contributed by atoms with van der Waals surface area (Å²) >= 11 is 0. The zero-order chi connectivity index (χ0) is 22.8. The van der Waals surface area contributed by atoms with Crippen LogP contribution in [0.15, 0.2) is 73.1 Å². The summed E-state index contributed by atoms with van der Waals surface area (Å²) in [4.78, 5) is 28.2. The van der Waals surface area contributed by atoms with Gasteiger partial charge >= 0.3 is 0 Å². The van der Waals surface area contributed by atoms with Crippen molar-refractivity contribution in [1.29, 1.82) is 0 Å². The van der Waals surface area contributed by atoms with Crippen molar-refractivity contribution in [1.82, 2.24) is 15.6 Å². The quantitative estimate of drug-likeness (QED) is 0.510. The van der Waals surface area contributed by atoms with Crippen molar-refractivity contribution in [3.8, 4) is 11.5 Å². The van der Waals surface area contributed by atoms with Gasteiger partial charge in [0.2, 0.25) is 11.8 Å². The molecule has 0 aliphatic carbocycles. The molecule has 1 aromatic heterocycles. The number of methoxy groups -OCH3 is 1. The normalized spacial score (nSPS) is 11.3. The van der Waals surface area contributed by atoms with E-state index in [1.165, 1.54) is 6.92 Å². The highest BCUT2D eigenvalue weighted by atomic mass is 16.5. The van der Waals surface area contributed by atoms with Gasteiger partial charge in [0.25, 0.3) is 0 Å². The van der Waals surface area contributed by atoms with Gasteiger partial charge in [0, 0.05) is 31.4 Å². The maximum Gasteiger partial charge on any atom is 0.222 e. The first kappa shape index (κ1) is 22.8. The molecule has 7 heteroatoms. The fraction of sp³-hybridized carbons (Fsp3) is 0.240. The minimum Gasteiger partial charge on any atom is -0.497 e. The molecule has 166 valence electrons. The third kappa shape index (κ3) is 7.12.